The van der Waals surface area contributed by atoms with Gasteiger partial charge in [0, 0.05) is 18.2 Å². The SMILES string of the molecule is CC1CCN(C(C)CNC(=O)Cc2coc(-c3ccccc3)n2)CC1. The summed E-state index contributed by atoms with van der Waals surface area (Å²) in [5, 5.41) is 3.03. The molecule has 25 heavy (non-hydrogen) atoms. The molecule has 2 heterocycles. The zero-order valence-electron chi connectivity index (χ0n) is 15.1. The number of piperidine rings is 1. The first-order valence-electron chi connectivity index (χ1n) is 9.12. The molecule has 1 unspecified atom stereocenters. The Hall–Kier alpha value is -2.14. The lowest BCUT2D eigenvalue weighted by Gasteiger charge is -2.35. The fraction of sp³-hybridized carbons (Fsp3) is 0.500. The Morgan fingerprint density at radius 1 is 1.32 bits per heavy atom. The summed E-state index contributed by atoms with van der Waals surface area (Å²) < 4.78 is 5.48. The number of rotatable bonds is 6. The number of oxazole rings is 1. The monoisotopic (exact) mass is 341 g/mol. The highest BCUT2D eigenvalue weighted by molar-refractivity contribution is 5.78. The Morgan fingerprint density at radius 2 is 2.04 bits per heavy atom. The van der Waals surface area contributed by atoms with Crippen molar-refractivity contribution in [1.29, 1.82) is 0 Å². The van der Waals surface area contributed by atoms with Crippen molar-refractivity contribution in [2.24, 2.45) is 5.92 Å². The van der Waals surface area contributed by atoms with Crippen molar-refractivity contribution < 1.29 is 9.21 Å². The van der Waals surface area contributed by atoms with Crippen LogP contribution in [0.5, 0.6) is 0 Å². The van der Waals surface area contributed by atoms with Crippen LogP contribution in [0.25, 0.3) is 11.5 Å². The van der Waals surface area contributed by atoms with E-state index in [-0.39, 0.29) is 12.3 Å². The number of aromatic nitrogens is 1. The van der Waals surface area contributed by atoms with Crippen LogP contribution in [-0.2, 0) is 11.2 Å². The fourth-order valence-corrected chi connectivity index (χ4v) is 3.19. The molecule has 0 radical (unpaired) electrons. The van der Waals surface area contributed by atoms with E-state index in [2.05, 4.69) is 29.0 Å². The van der Waals surface area contributed by atoms with E-state index < -0.39 is 0 Å². The topological polar surface area (TPSA) is 58.4 Å². The molecule has 134 valence electrons. The third-order valence-electron chi connectivity index (χ3n) is 4.95. The summed E-state index contributed by atoms with van der Waals surface area (Å²) >= 11 is 0. The van der Waals surface area contributed by atoms with E-state index in [9.17, 15) is 4.79 Å². The highest BCUT2D eigenvalue weighted by atomic mass is 16.3. The predicted molar refractivity (Wildman–Crippen MR) is 98.1 cm³/mol. The van der Waals surface area contributed by atoms with Gasteiger partial charge in [-0.1, -0.05) is 25.1 Å². The first-order chi connectivity index (χ1) is 12.1. The Labute approximate surface area is 149 Å². The zero-order chi connectivity index (χ0) is 17.6. The number of carbonyl (C=O) groups is 1. The molecule has 1 N–H and O–H groups in total. The van der Waals surface area contributed by atoms with Crippen molar-refractivity contribution in [1.82, 2.24) is 15.2 Å². The number of likely N-dealkylation sites (tertiary alicyclic amines) is 1. The highest BCUT2D eigenvalue weighted by Crippen LogP contribution is 2.19. The number of hydrogen-bond acceptors (Lipinski definition) is 4. The van der Waals surface area contributed by atoms with Crippen molar-refractivity contribution in [2.75, 3.05) is 19.6 Å². The summed E-state index contributed by atoms with van der Waals surface area (Å²) in [6.07, 6.45) is 4.32. The number of nitrogens with zero attached hydrogens (tertiary/aromatic N) is 2. The molecule has 5 nitrogen and oxygen atoms in total. The maximum atomic E-state index is 12.2. The van der Waals surface area contributed by atoms with Gasteiger partial charge in [0.15, 0.2) is 0 Å². The lowest BCUT2D eigenvalue weighted by atomic mass is 9.98. The average Bonchev–Trinajstić information content (AvgIpc) is 3.09. The van der Waals surface area contributed by atoms with Crippen LogP contribution in [0.1, 0.15) is 32.4 Å². The third kappa shape index (κ3) is 4.92. The van der Waals surface area contributed by atoms with Crippen molar-refractivity contribution in [3.63, 3.8) is 0 Å². The molecule has 2 aromatic rings. The van der Waals surface area contributed by atoms with Gasteiger partial charge in [0.25, 0.3) is 0 Å². The van der Waals surface area contributed by atoms with Gasteiger partial charge >= 0.3 is 0 Å². The van der Waals surface area contributed by atoms with Crippen LogP contribution in [0.2, 0.25) is 0 Å². The van der Waals surface area contributed by atoms with Crippen LogP contribution in [-0.4, -0.2) is 41.5 Å². The van der Waals surface area contributed by atoms with Crippen LogP contribution in [0.3, 0.4) is 0 Å². The maximum absolute atomic E-state index is 12.2. The molecular weight excluding hydrogens is 314 g/mol. The van der Waals surface area contributed by atoms with E-state index in [1.165, 1.54) is 12.8 Å². The lowest BCUT2D eigenvalue weighted by molar-refractivity contribution is -0.120. The van der Waals surface area contributed by atoms with Gasteiger partial charge in [-0.3, -0.25) is 9.69 Å². The smallest absolute Gasteiger partial charge is 0.226 e. The molecule has 1 atom stereocenters. The second-order valence-corrected chi connectivity index (χ2v) is 7.06. The van der Waals surface area contributed by atoms with Gasteiger partial charge in [-0.2, -0.15) is 0 Å². The molecule has 0 aliphatic carbocycles. The highest BCUT2D eigenvalue weighted by Gasteiger charge is 2.20. The molecular formula is C20H27N3O2. The van der Waals surface area contributed by atoms with E-state index in [1.807, 2.05) is 30.3 Å². The fourth-order valence-electron chi connectivity index (χ4n) is 3.19. The van der Waals surface area contributed by atoms with Crippen LogP contribution in [0.15, 0.2) is 41.0 Å². The second kappa shape index (κ2) is 8.30. The molecule has 5 heteroatoms. The van der Waals surface area contributed by atoms with Gasteiger partial charge in [-0.15, -0.1) is 0 Å². The molecule has 0 spiro atoms. The minimum atomic E-state index is -0.00913. The first-order valence-corrected chi connectivity index (χ1v) is 9.12. The summed E-state index contributed by atoms with van der Waals surface area (Å²) in [5.74, 6) is 1.37. The summed E-state index contributed by atoms with van der Waals surface area (Å²) in [5.41, 5.74) is 1.58. The predicted octanol–water partition coefficient (Wildman–Crippen LogP) is 3.12. The van der Waals surface area contributed by atoms with Crippen LogP contribution >= 0.6 is 0 Å². The van der Waals surface area contributed by atoms with Crippen molar-refractivity contribution in [2.45, 2.75) is 39.2 Å². The average molecular weight is 341 g/mol. The Balaban J connectivity index is 1.46. The molecule has 1 aliphatic rings. The Morgan fingerprint density at radius 3 is 2.76 bits per heavy atom. The Kier molecular flexibility index (Phi) is 5.87. The second-order valence-electron chi connectivity index (χ2n) is 7.06. The summed E-state index contributed by atoms with van der Waals surface area (Å²) in [4.78, 5) is 19.1. The molecule has 1 saturated heterocycles. The van der Waals surface area contributed by atoms with Gasteiger partial charge in [0.05, 0.1) is 12.1 Å². The zero-order valence-corrected chi connectivity index (χ0v) is 15.1. The summed E-state index contributed by atoms with van der Waals surface area (Å²) in [6.45, 7) is 7.42. The molecule has 3 rings (SSSR count). The van der Waals surface area contributed by atoms with Gasteiger partial charge in [0.1, 0.15) is 6.26 Å². The van der Waals surface area contributed by atoms with Gasteiger partial charge in [-0.05, 0) is 50.9 Å². The minimum absolute atomic E-state index is 0.00913. The molecule has 1 aromatic heterocycles. The van der Waals surface area contributed by atoms with Crippen molar-refractivity contribution >= 4 is 5.91 Å². The largest absolute Gasteiger partial charge is 0.444 e. The quantitative estimate of drug-likeness (QED) is 0.877. The van der Waals surface area contributed by atoms with Crippen LogP contribution in [0, 0.1) is 5.92 Å². The van der Waals surface area contributed by atoms with Crippen LogP contribution in [0.4, 0.5) is 0 Å². The number of carbonyl (C=O) groups excluding carboxylic acids is 1. The van der Waals surface area contributed by atoms with Gasteiger partial charge < -0.3 is 9.73 Å². The molecule has 1 aliphatic heterocycles. The summed E-state index contributed by atoms with van der Waals surface area (Å²) in [7, 11) is 0. The lowest BCUT2D eigenvalue weighted by Crippen LogP contribution is -2.45. The normalized spacial score (nSPS) is 17.4. The standard InChI is InChI=1S/C20H27N3O2/c1-15-8-10-23(11-9-15)16(2)13-21-19(24)12-18-14-25-20(22-18)17-6-4-3-5-7-17/h3-7,14-16H,8-13H2,1-2H3,(H,21,24). The minimum Gasteiger partial charge on any atom is -0.444 e. The number of benzene rings is 1. The van der Waals surface area contributed by atoms with Gasteiger partial charge in [-0.25, -0.2) is 4.98 Å². The molecule has 1 amide bonds. The van der Waals surface area contributed by atoms with E-state index in [0.29, 0.717) is 24.2 Å². The summed E-state index contributed by atoms with van der Waals surface area (Å²) in [6, 6.07) is 10.1. The number of amides is 1. The van der Waals surface area contributed by atoms with E-state index in [4.69, 9.17) is 4.42 Å². The number of nitrogens with one attached hydrogen (secondary N) is 1. The maximum Gasteiger partial charge on any atom is 0.226 e. The number of hydrogen-bond donors (Lipinski definition) is 1. The van der Waals surface area contributed by atoms with Gasteiger partial charge in [0.2, 0.25) is 11.8 Å². The van der Waals surface area contributed by atoms with Crippen molar-refractivity contribution in [3.8, 4) is 11.5 Å². The van der Waals surface area contributed by atoms with E-state index in [0.717, 1.165) is 24.6 Å². The Bertz CT molecular complexity index is 675. The van der Waals surface area contributed by atoms with Crippen LogP contribution < -0.4 is 5.32 Å². The van der Waals surface area contributed by atoms with E-state index in [1.54, 1.807) is 6.26 Å². The van der Waals surface area contributed by atoms with Crippen molar-refractivity contribution in [3.05, 3.63) is 42.3 Å². The van der Waals surface area contributed by atoms with E-state index >= 15 is 0 Å². The molecule has 1 aromatic carbocycles. The molecule has 0 saturated carbocycles. The first kappa shape index (κ1) is 17.7. The molecule has 1 fully saturated rings. The molecule has 0 bridgehead atoms. The third-order valence-corrected chi connectivity index (χ3v) is 4.95.